The van der Waals surface area contributed by atoms with Gasteiger partial charge in [0.25, 0.3) is 0 Å². The fraction of sp³-hybridized carbons (Fsp3) is 0.278. The Labute approximate surface area is 173 Å². The van der Waals surface area contributed by atoms with Gasteiger partial charge < -0.3 is 20.7 Å². The number of benzene rings is 2. The Hall–Kier alpha value is -2.17. The number of hydrogen-bond donors (Lipinski definition) is 2. The van der Waals surface area contributed by atoms with Gasteiger partial charge in [-0.05, 0) is 35.4 Å². The Morgan fingerprint density at radius 3 is 2.37 bits per heavy atom. The third-order valence-electron chi connectivity index (χ3n) is 3.49. The second kappa shape index (κ2) is 10.2. The van der Waals surface area contributed by atoms with Crippen LogP contribution < -0.4 is 20.7 Å². The summed E-state index contributed by atoms with van der Waals surface area (Å²) >= 11 is 0. The molecule has 2 aromatic carbocycles. The highest BCUT2D eigenvalue weighted by Gasteiger charge is 2.30. The van der Waals surface area contributed by atoms with E-state index in [0.717, 1.165) is 16.8 Å². The van der Waals surface area contributed by atoms with Crippen LogP contribution in [-0.2, 0) is 13.1 Å². The molecule has 0 fully saturated rings. The number of hydrogen-bond acceptors (Lipinski definition) is 3. The maximum absolute atomic E-state index is 12.1. The number of aliphatic imine (C=N–C) groups is 1. The molecule has 0 atom stereocenters. The average molecular weight is 494 g/mol. The molecule has 3 N–H and O–H groups in total. The molecule has 0 radical (unpaired) electrons. The molecule has 0 unspecified atom stereocenters. The molecule has 5 nitrogen and oxygen atoms in total. The first kappa shape index (κ1) is 22.9. The van der Waals surface area contributed by atoms with Gasteiger partial charge in [-0.3, -0.25) is 0 Å². The van der Waals surface area contributed by atoms with Crippen LogP contribution in [0.4, 0.5) is 18.9 Å². The molecule has 148 valence electrons. The fourth-order valence-corrected chi connectivity index (χ4v) is 2.17. The number of nitrogens with two attached hydrogens (primary N) is 1. The summed E-state index contributed by atoms with van der Waals surface area (Å²) in [7, 11) is 3.92. The molecule has 0 aliphatic rings. The van der Waals surface area contributed by atoms with E-state index in [0.29, 0.717) is 13.1 Å². The first-order valence-electron chi connectivity index (χ1n) is 7.88. The molecule has 2 rings (SSSR count). The van der Waals surface area contributed by atoms with E-state index in [4.69, 9.17) is 5.73 Å². The van der Waals surface area contributed by atoms with Gasteiger partial charge in [-0.15, -0.1) is 37.1 Å². The van der Waals surface area contributed by atoms with E-state index in [9.17, 15) is 13.2 Å². The van der Waals surface area contributed by atoms with Crippen LogP contribution in [-0.4, -0.2) is 26.4 Å². The predicted octanol–water partition coefficient (Wildman–Crippen LogP) is 3.87. The maximum atomic E-state index is 12.1. The van der Waals surface area contributed by atoms with Gasteiger partial charge in [0, 0.05) is 26.3 Å². The highest BCUT2D eigenvalue weighted by Crippen LogP contribution is 2.22. The van der Waals surface area contributed by atoms with E-state index >= 15 is 0 Å². The number of ether oxygens (including phenoxy) is 1. The largest absolute Gasteiger partial charge is 0.573 e. The maximum Gasteiger partial charge on any atom is 0.573 e. The summed E-state index contributed by atoms with van der Waals surface area (Å²) in [6.45, 7) is 0.776. The lowest BCUT2D eigenvalue weighted by molar-refractivity contribution is -0.274. The van der Waals surface area contributed by atoms with E-state index in [-0.39, 0.29) is 35.7 Å². The molecule has 2 aromatic rings. The van der Waals surface area contributed by atoms with Crippen molar-refractivity contribution in [1.29, 1.82) is 0 Å². The first-order valence-corrected chi connectivity index (χ1v) is 7.88. The smallest absolute Gasteiger partial charge is 0.406 e. The van der Waals surface area contributed by atoms with E-state index in [2.05, 4.69) is 15.0 Å². The molecular weight excluding hydrogens is 472 g/mol. The summed E-state index contributed by atoms with van der Waals surface area (Å²) in [4.78, 5) is 6.27. The summed E-state index contributed by atoms with van der Waals surface area (Å²) in [5, 5.41) is 2.93. The minimum Gasteiger partial charge on any atom is -0.406 e. The Bertz CT molecular complexity index is 749. The highest BCUT2D eigenvalue weighted by atomic mass is 127. The summed E-state index contributed by atoms with van der Waals surface area (Å²) in [6, 6.07) is 13.5. The zero-order chi connectivity index (χ0) is 19.2. The SMILES string of the molecule is CN(C)c1cccc(CN=C(N)NCc2ccc(OC(F)(F)F)cc2)c1.I. The summed E-state index contributed by atoms with van der Waals surface area (Å²) < 4.78 is 40.2. The molecule has 0 aliphatic carbocycles. The lowest BCUT2D eigenvalue weighted by Gasteiger charge is -2.13. The zero-order valence-electron chi connectivity index (χ0n) is 15.0. The number of guanidine groups is 1. The van der Waals surface area contributed by atoms with Gasteiger partial charge in [-0.1, -0.05) is 24.3 Å². The number of halogens is 4. The summed E-state index contributed by atoms with van der Waals surface area (Å²) in [5.74, 6) is -0.000429. The van der Waals surface area contributed by atoms with Crippen molar-refractivity contribution in [3.8, 4) is 5.75 Å². The van der Waals surface area contributed by atoms with Crippen molar-refractivity contribution in [3.63, 3.8) is 0 Å². The third-order valence-corrected chi connectivity index (χ3v) is 3.49. The second-order valence-electron chi connectivity index (χ2n) is 5.81. The Kier molecular flexibility index (Phi) is 8.67. The number of anilines is 1. The second-order valence-corrected chi connectivity index (χ2v) is 5.81. The molecule has 0 spiro atoms. The first-order chi connectivity index (χ1) is 12.2. The van der Waals surface area contributed by atoms with E-state index in [1.807, 2.05) is 43.3 Å². The van der Waals surface area contributed by atoms with Gasteiger partial charge in [0.15, 0.2) is 5.96 Å². The van der Waals surface area contributed by atoms with Crippen LogP contribution in [0.1, 0.15) is 11.1 Å². The topological polar surface area (TPSA) is 62.9 Å². The molecule has 0 saturated carbocycles. The van der Waals surface area contributed by atoms with E-state index in [1.165, 1.54) is 24.3 Å². The molecule has 0 aliphatic heterocycles. The number of alkyl halides is 3. The van der Waals surface area contributed by atoms with Crippen LogP contribution in [0, 0.1) is 0 Å². The van der Waals surface area contributed by atoms with Crippen molar-refractivity contribution in [2.45, 2.75) is 19.5 Å². The molecule has 0 bridgehead atoms. The van der Waals surface area contributed by atoms with Gasteiger partial charge in [0.05, 0.1) is 6.54 Å². The lowest BCUT2D eigenvalue weighted by Crippen LogP contribution is -2.31. The van der Waals surface area contributed by atoms with Crippen molar-refractivity contribution in [3.05, 3.63) is 59.7 Å². The van der Waals surface area contributed by atoms with Crippen LogP contribution >= 0.6 is 24.0 Å². The quantitative estimate of drug-likeness (QED) is 0.364. The fourth-order valence-electron chi connectivity index (χ4n) is 2.17. The van der Waals surface area contributed by atoms with Crippen LogP contribution in [0.3, 0.4) is 0 Å². The number of nitrogens with zero attached hydrogens (tertiary/aromatic N) is 2. The lowest BCUT2D eigenvalue weighted by atomic mass is 10.2. The van der Waals surface area contributed by atoms with Gasteiger partial charge in [-0.25, -0.2) is 4.99 Å². The molecule has 0 aromatic heterocycles. The van der Waals surface area contributed by atoms with E-state index in [1.54, 1.807) is 0 Å². The minimum absolute atomic E-state index is 0. The van der Waals surface area contributed by atoms with Crippen LogP contribution in [0.25, 0.3) is 0 Å². The van der Waals surface area contributed by atoms with Gasteiger partial charge in [-0.2, -0.15) is 0 Å². The summed E-state index contributed by atoms with van der Waals surface area (Å²) in [6.07, 6.45) is -4.69. The monoisotopic (exact) mass is 494 g/mol. The van der Waals surface area contributed by atoms with Gasteiger partial charge in [0.2, 0.25) is 0 Å². The summed E-state index contributed by atoms with van der Waals surface area (Å²) in [5.41, 5.74) is 8.69. The molecular formula is C18H22F3IN4O. The van der Waals surface area contributed by atoms with Crippen LogP contribution in [0.2, 0.25) is 0 Å². The van der Waals surface area contributed by atoms with Crippen LogP contribution in [0.5, 0.6) is 5.75 Å². The molecule has 0 amide bonds. The van der Waals surface area contributed by atoms with Crippen LogP contribution in [0.15, 0.2) is 53.5 Å². The zero-order valence-corrected chi connectivity index (χ0v) is 17.3. The average Bonchev–Trinajstić information content (AvgIpc) is 2.58. The minimum atomic E-state index is -4.69. The normalized spacial score (nSPS) is 11.5. The third kappa shape index (κ3) is 8.37. The van der Waals surface area contributed by atoms with Crippen molar-refractivity contribution in [1.82, 2.24) is 5.32 Å². The molecule has 0 saturated heterocycles. The van der Waals surface area contributed by atoms with Crippen molar-refractivity contribution in [2.75, 3.05) is 19.0 Å². The number of rotatable bonds is 6. The molecule has 27 heavy (non-hydrogen) atoms. The molecule has 0 heterocycles. The number of nitrogens with one attached hydrogen (secondary N) is 1. The Morgan fingerprint density at radius 2 is 1.78 bits per heavy atom. The van der Waals surface area contributed by atoms with Gasteiger partial charge >= 0.3 is 6.36 Å². The highest BCUT2D eigenvalue weighted by molar-refractivity contribution is 14.0. The predicted molar refractivity (Wildman–Crippen MR) is 111 cm³/mol. The van der Waals surface area contributed by atoms with E-state index < -0.39 is 6.36 Å². The standard InChI is InChI=1S/C18H21F3N4O.HI/c1-25(2)15-5-3-4-14(10-15)12-24-17(22)23-11-13-6-8-16(9-7-13)26-18(19,20)21;/h3-10H,11-12H2,1-2H3,(H3,22,23,24);1H. The van der Waals surface area contributed by atoms with Gasteiger partial charge in [0.1, 0.15) is 5.75 Å². The Balaban J connectivity index is 0.00000364. The molecule has 9 heteroatoms. The van der Waals surface area contributed by atoms with Crippen molar-refractivity contribution in [2.24, 2.45) is 10.7 Å². The van der Waals surface area contributed by atoms with Crippen molar-refractivity contribution >= 4 is 35.6 Å². The Morgan fingerprint density at radius 1 is 1.11 bits per heavy atom. The van der Waals surface area contributed by atoms with Crippen molar-refractivity contribution < 1.29 is 17.9 Å².